The molecule has 4 aromatic rings. The van der Waals surface area contributed by atoms with Gasteiger partial charge in [0.15, 0.2) is 0 Å². The van der Waals surface area contributed by atoms with E-state index in [1.54, 1.807) is 24.5 Å². The van der Waals surface area contributed by atoms with Crippen LogP contribution in [-0.2, 0) is 17.1 Å². The summed E-state index contributed by atoms with van der Waals surface area (Å²) in [5.41, 5.74) is 1.29. The monoisotopic (exact) mass is 578 g/mol. The largest absolute Gasteiger partial charge is 3.00 e. The number of hydrogen-bond donors (Lipinski definition) is 1. The van der Waals surface area contributed by atoms with E-state index in [1.807, 2.05) is 30.3 Å². The molecule has 0 atom stereocenters. The summed E-state index contributed by atoms with van der Waals surface area (Å²) in [7, 11) is 1.00. The smallest absolute Gasteiger partial charge is 0.872 e. The third-order valence-electron chi connectivity index (χ3n) is 4.09. The number of aromatic nitrogens is 2. The molecule has 35 heavy (non-hydrogen) atoms. The summed E-state index contributed by atoms with van der Waals surface area (Å²) in [5.74, 6) is -3.08. The standard InChI is InChI=1S/C16H11BrN2O.C7H5NO4.CH4O.Fe/c17-13-6-7-15(20)12(9-13)10-19-14-5-1-3-11-4-2-8-18-16(11)14;9-6(10)4-2-1-3-5(8-4)7(11)12;1-2;/h1-10,20H;1-3H,(H,9,10)(H,11,12);2H,1H3;/q;;;+3/p-3. The number of pyridine rings is 2. The van der Waals surface area contributed by atoms with Crippen LogP contribution < -0.4 is 15.3 Å². The number of carbonyl (C=O) groups is 2. The van der Waals surface area contributed by atoms with Crippen LogP contribution >= 0.6 is 15.9 Å². The summed E-state index contributed by atoms with van der Waals surface area (Å²) in [4.78, 5) is 32.4. The zero-order chi connectivity index (χ0) is 25.1. The van der Waals surface area contributed by atoms with Crippen LogP contribution in [0.15, 0.2) is 82.4 Å². The summed E-state index contributed by atoms with van der Waals surface area (Å²) in [6, 6.07) is 18.2. The van der Waals surface area contributed by atoms with Crippen molar-refractivity contribution in [3.8, 4) is 5.75 Å². The van der Waals surface area contributed by atoms with Crippen molar-refractivity contribution in [1.82, 2.24) is 9.97 Å². The number of aromatic carboxylic acids is 2. The molecule has 2 heterocycles. The Bertz CT molecular complexity index is 1300. The Morgan fingerprint density at radius 1 is 0.943 bits per heavy atom. The molecule has 1 N–H and O–H groups in total. The topological polar surface area (TPSA) is 162 Å². The molecule has 0 aliphatic rings. The molecule has 2 aromatic carbocycles. The predicted octanol–water partition coefficient (Wildman–Crippen LogP) is 1.24. The third-order valence-corrected chi connectivity index (χ3v) is 4.59. The fourth-order valence-electron chi connectivity index (χ4n) is 2.61. The SMILES string of the molecule is CO.O=C([O-])c1cccc(C(=O)[O-])n1.[Fe+3].[O-]c1ccc(Br)cc1C=Nc1cccc2cccnc12. The molecule has 1 radical (unpaired) electrons. The van der Waals surface area contributed by atoms with Crippen LogP contribution in [0.3, 0.4) is 0 Å². The van der Waals surface area contributed by atoms with Crippen LogP contribution in [0.1, 0.15) is 26.5 Å². The first kappa shape index (κ1) is 29.4. The Balaban J connectivity index is 0.000000353. The molecule has 0 aliphatic carbocycles. The molecule has 0 fully saturated rings. The average Bonchev–Trinajstić information content (AvgIpc) is 2.86. The molecule has 0 unspecified atom stereocenters. The Hall–Kier alpha value is -3.63. The maximum atomic E-state index is 11.7. The molecule has 0 saturated heterocycles. The van der Waals surface area contributed by atoms with Crippen LogP contribution in [0.5, 0.6) is 5.75 Å². The molecule has 4 rings (SSSR count). The number of aliphatic hydroxyl groups is 1. The van der Waals surface area contributed by atoms with Crippen molar-refractivity contribution in [3.63, 3.8) is 0 Å². The number of halogens is 1. The summed E-state index contributed by atoms with van der Waals surface area (Å²) in [5, 5.41) is 40.1. The first-order valence-electron chi connectivity index (χ1n) is 9.54. The van der Waals surface area contributed by atoms with Crippen molar-refractivity contribution in [2.75, 3.05) is 7.11 Å². The maximum absolute atomic E-state index is 11.7. The predicted molar refractivity (Wildman–Crippen MR) is 124 cm³/mol. The van der Waals surface area contributed by atoms with Crippen molar-refractivity contribution >= 4 is 50.7 Å². The van der Waals surface area contributed by atoms with Crippen molar-refractivity contribution in [1.29, 1.82) is 0 Å². The van der Waals surface area contributed by atoms with Gasteiger partial charge in [-0.2, -0.15) is 0 Å². The van der Waals surface area contributed by atoms with E-state index in [1.165, 1.54) is 12.1 Å². The first-order chi connectivity index (χ1) is 16.3. The normalized spacial score (nSPS) is 9.80. The van der Waals surface area contributed by atoms with E-state index in [0.29, 0.717) is 5.56 Å². The number of carboxylic acid groups (broad SMARTS) is 2. The number of para-hydroxylation sites is 1. The van der Waals surface area contributed by atoms with E-state index >= 15 is 0 Å². The van der Waals surface area contributed by atoms with E-state index in [9.17, 15) is 24.9 Å². The molecular formula is C24H17BrFeN3O6. The van der Waals surface area contributed by atoms with Crippen LogP contribution in [0.4, 0.5) is 5.69 Å². The van der Waals surface area contributed by atoms with Crippen molar-refractivity contribution in [2.45, 2.75) is 0 Å². The van der Waals surface area contributed by atoms with Gasteiger partial charge in [-0.25, -0.2) is 4.98 Å². The molecule has 0 saturated carbocycles. The number of rotatable bonds is 4. The molecular weight excluding hydrogens is 562 g/mol. The van der Waals surface area contributed by atoms with Gasteiger partial charge in [0.05, 0.1) is 34.5 Å². The number of hydrogen-bond acceptors (Lipinski definition) is 9. The van der Waals surface area contributed by atoms with Crippen molar-refractivity contribution in [2.24, 2.45) is 4.99 Å². The fourth-order valence-corrected chi connectivity index (χ4v) is 2.99. The molecule has 2 aromatic heterocycles. The van der Waals surface area contributed by atoms with Gasteiger partial charge in [0.1, 0.15) is 0 Å². The van der Waals surface area contributed by atoms with Gasteiger partial charge in [-0.3, -0.25) is 9.98 Å². The molecule has 11 heteroatoms. The molecule has 179 valence electrons. The molecule has 0 spiro atoms. The van der Waals surface area contributed by atoms with Gasteiger partial charge in [-0.15, -0.1) is 0 Å². The summed E-state index contributed by atoms with van der Waals surface area (Å²) in [6.07, 6.45) is 3.32. The third kappa shape index (κ3) is 8.58. The molecule has 0 bridgehead atoms. The summed E-state index contributed by atoms with van der Waals surface area (Å²) in [6.45, 7) is 0. The second-order valence-electron chi connectivity index (χ2n) is 6.28. The van der Waals surface area contributed by atoms with Gasteiger partial charge >= 0.3 is 17.1 Å². The average molecular weight is 579 g/mol. The van der Waals surface area contributed by atoms with Gasteiger partial charge in [-0.1, -0.05) is 52.0 Å². The van der Waals surface area contributed by atoms with Gasteiger partial charge in [0, 0.05) is 29.4 Å². The van der Waals surface area contributed by atoms with E-state index < -0.39 is 23.3 Å². The van der Waals surface area contributed by atoms with Gasteiger partial charge in [0.2, 0.25) is 0 Å². The zero-order valence-corrected chi connectivity index (χ0v) is 20.8. The van der Waals surface area contributed by atoms with Gasteiger partial charge in [-0.05, 0) is 42.0 Å². The number of nitrogens with zero attached hydrogens (tertiary/aromatic N) is 3. The maximum Gasteiger partial charge on any atom is 3.00 e. The number of aliphatic imine (C=N–C) groups is 1. The number of aliphatic hydroxyl groups excluding tert-OH is 1. The Morgan fingerprint density at radius 3 is 2.17 bits per heavy atom. The van der Waals surface area contributed by atoms with Crippen LogP contribution in [0.25, 0.3) is 10.9 Å². The minimum atomic E-state index is -1.52. The van der Waals surface area contributed by atoms with E-state index in [0.717, 1.165) is 40.3 Å². The quantitative estimate of drug-likeness (QED) is 0.279. The fraction of sp³-hybridized carbons (Fsp3) is 0.0417. The van der Waals surface area contributed by atoms with E-state index in [-0.39, 0.29) is 22.8 Å². The molecule has 0 aliphatic heterocycles. The van der Waals surface area contributed by atoms with Crippen molar-refractivity contribution in [3.05, 3.63) is 94.4 Å². The van der Waals surface area contributed by atoms with E-state index in [4.69, 9.17) is 5.11 Å². The first-order valence-corrected chi connectivity index (χ1v) is 10.3. The van der Waals surface area contributed by atoms with Crippen LogP contribution in [-0.4, -0.2) is 40.3 Å². The van der Waals surface area contributed by atoms with Crippen LogP contribution in [0, 0.1) is 0 Å². The summed E-state index contributed by atoms with van der Waals surface area (Å²) < 4.78 is 0.856. The zero-order valence-electron chi connectivity index (χ0n) is 18.1. The van der Waals surface area contributed by atoms with Gasteiger partial charge in [0.25, 0.3) is 0 Å². The molecule has 9 nitrogen and oxygen atoms in total. The number of benzene rings is 2. The second-order valence-corrected chi connectivity index (χ2v) is 7.19. The Labute approximate surface area is 219 Å². The van der Waals surface area contributed by atoms with Crippen LogP contribution in [0.2, 0.25) is 0 Å². The second kappa shape index (κ2) is 14.6. The Kier molecular flexibility index (Phi) is 12.3. The molecule has 0 amide bonds. The van der Waals surface area contributed by atoms with Gasteiger partial charge < -0.3 is 30.0 Å². The summed E-state index contributed by atoms with van der Waals surface area (Å²) >= 11 is 3.35. The van der Waals surface area contributed by atoms with Crippen molar-refractivity contribution < 1.29 is 47.1 Å². The number of carbonyl (C=O) groups excluding carboxylic acids is 2. The van der Waals surface area contributed by atoms with E-state index in [2.05, 4.69) is 30.9 Å². The minimum absolute atomic E-state index is 0. The number of fused-ring (bicyclic) bond motifs is 1. The Morgan fingerprint density at radius 2 is 1.54 bits per heavy atom. The minimum Gasteiger partial charge on any atom is -0.872 e. The number of carboxylic acids is 2.